The highest BCUT2D eigenvalue weighted by atomic mass is 16.4. The Morgan fingerprint density at radius 1 is 1.07 bits per heavy atom. The first-order chi connectivity index (χ1) is 14.4. The lowest BCUT2D eigenvalue weighted by atomic mass is 9.75. The minimum atomic E-state index is -0.989. The van der Waals surface area contributed by atoms with E-state index in [9.17, 15) is 14.7 Å². The van der Waals surface area contributed by atoms with Crippen LogP contribution < -0.4 is 5.32 Å². The lowest BCUT2D eigenvalue weighted by Gasteiger charge is -2.38. The maximum absolute atomic E-state index is 13.3. The second-order valence-corrected chi connectivity index (χ2v) is 8.14. The molecule has 154 valence electrons. The van der Waals surface area contributed by atoms with Crippen molar-refractivity contribution in [1.29, 1.82) is 0 Å². The third kappa shape index (κ3) is 3.57. The molecule has 1 atom stereocenters. The maximum atomic E-state index is 13.3. The zero-order valence-corrected chi connectivity index (χ0v) is 17.5. The Morgan fingerprint density at radius 2 is 1.80 bits per heavy atom. The fraction of sp³-hybridized carbons (Fsp3) is 0.280. The number of carbonyl (C=O) groups is 2. The summed E-state index contributed by atoms with van der Waals surface area (Å²) in [6.45, 7) is 7.33. The summed E-state index contributed by atoms with van der Waals surface area (Å²) in [5, 5.41) is 13.2. The smallest absolute Gasteiger partial charge is 0.334 e. The molecule has 0 spiro atoms. The minimum absolute atomic E-state index is 0.0168. The molecule has 2 aromatic rings. The van der Waals surface area contributed by atoms with Gasteiger partial charge in [0.15, 0.2) is 5.78 Å². The number of benzene rings is 2. The molecule has 30 heavy (non-hydrogen) atoms. The Balaban J connectivity index is 1.77. The zero-order valence-electron chi connectivity index (χ0n) is 17.5. The van der Waals surface area contributed by atoms with Crippen LogP contribution in [-0.4, -0.2) is 34.8 Å². The summed E-state index contributed by atoms with van der Waals surface area (Å²) in [6.07, 6.45) is 0. The molecule has 0 bridgehead atoms. The van der Waals surface area contributed by atoms with Crippen LogP contribution in [0.1, 0.15) is 35.1 Å². The number of aryl methyl sites for hydroxylation is 1. The van der Waals surface area contributed by atoms with E-state index in [1.165, 1.54) is 0 Å². The fourth-order valence-corrected chi connectivity index (χ4v) is 4.55. The third-order valence-electron chi connectivity index (χ3n) is 6.13. The molecule has 0 saturated carbocycles. The molecule has 0 fully saturated rings. The van der Waals surface area contributed by atoms with Gasteiger partial charge in [-0.15, -0.1) is 0 Å². The first-order valence-corrected chi connectivity index (χ1v) is 10.2. The molecule has 5 heteroatoms. The molecule has 0 radical (unpaired) electrons. The SMILES string of the molecule is CC1=C(C(=O)O)C(c2cccc(C)c2C)C2=C(CN(Cc3ccccc3)CC2=O)N1. The molecule has 2 N–H and O–H groups in total. The summed E-state index contributed by atoms with van der Waals surface area (Å²) in [6, 6.07) is 16.0. The molecule has 5 nitrogen and oxygen atoms in total. The van der Waals surface area contributed by atoms with Gasteiger partial charge in [-0.25, -0.2) is 4.79 Å². The number of dihydropyridines is 1. The number of hydrogen-bond donors (Lipinski definition) is 2. The van der Waals surface area contributed by atoms with E-state index in [1.807, 2.05) is 50.2 Å². The number of hydrogen-bond acceptors (Lipinski definition) is 4. The number of carbonyl (C=O) groups excluding carboxylic acids is 1. The van der Waals surface area contributed by atoms with Gasteiger partial charge in [0.1, 0.15) is 0 Å². The van der Waals surface area contributed by atoms with Gasteiger partial charge in [-0.05, 0) is 43.0 Å². The van der Waals surface area contributed by atoms with Crippen molar-refractivity contribution in [2.45, 2.75) is 33.2 Å². The van der Waals surface area contributed by atoms with Gasteiger partial charge in [0.05, 0.1) is 12.1 Å². The van der Waals surface area contributed by atoms with Gasteiger partial charge in [0.2, 0.25) is 0 Å². The Morgan fingerprint density at radius 3 is 2.50 bits per heavy atom. The molecular formula is C25H26N2O3. The number of nitrogens with zero attached hydrogens (tertiary/aromatic N) is 1. The van der Waals surface area contributed by atoms with Crippen LogP contribution in [0.25, 0.3) is 0 Å². The van der Waals surface area contributed by atoms with E-state index in [0.29, 0.717) is 24.4 Å². The topological polar surface area (TPSA) is 69.6 Å². The van der Waals surface area contributed by atoms with E-state index in [1.54, 1.807) is 6.92 Å². The highest BCUT2D eigenvalue weighted by molar-refractivity contribution is 6.04. The van der Waals surface area contributed by atoms with Crippen molar-refractivity contribution < 1.29 is 14.7 Å². The predicted octanol–water partition coefficient (Wildman–Crippen LogP) is 3.69. The quantitative estimate of drug-likeness (QED) is 0.816. The van der Waals surface area contributed by atoms with Crippen molar-refractivity contribution >= 4 is 11.8 Å². The second-order valence-electron chi connectivity index (χ2n) is 8.14. The van der Waals surface area contributed by atoms with E-state index in [2.05, 4.69) is 22.3 Å². The van der Waals surface area contributed by atoms with Gasteiger partial charge >= 0.3 is 5.97 Å². The van der Waals surface area contributed by atoms with Crippen LogP contribution in [0.15, 0.2) is 71.1 Å². The van der Waals surface area contributed by atoms with Crippen molar-refractivity contribution in [3.8, 4) is 0 Å². The first-order valence-electron chi connectivity index (χ1n) is 10.2. The Labute approximate surface area is 176 Å². The Bertz CT molecular complexity index is 1080. The molecule has 2 heterocycles. The van der Waals surface area contributed by atoms with Crippen LogP contribution in [0, 0.1) is 13.8 Å². The highest BCUT2D eigenvalue weighted by Gasteiger charge is 2.40. The van der Waals surface area contributed by atoms with E-state index in [-0.39, 0.29) is 17.9 Å². The van der Waals surface area contributed by atoms with Gasteiger partial charge in [-0.2, -0.15) is 0 Å². The summed E-state index contributed by atoms with van der Waals surface area (Å²) in [7, 11) is 0. The molecule has 0 saturated heterocycles. The number of carboxylic acid groups (broad SMARTS) is 1. The molecular weight excluding hydrogens is 376 g/mol. The summed E-state index contributed by atoms with van der Waals surface area (Å²) in [5.74, 6) is -1.56. The number of carboxylic acids is 1. The Hall–Kier alpha value is -3.18. The van der Waals surface area contributed by atoms with E-state index < -0.39 is 11.9 Å². The van der Waals surface area contributed by atoms with Gasteiger partial charge in [-0.1, -0.05) is 48.5 Å². The lowest BCUT2D eigenvalue weighted by molar-refractivity contribution is -0.133. The molecule has 0 amide bonds. The number of allylic oxidation sites excluding steroid dienone is 1. The van der Waals surface area contributed by atoms with Crippen molar-refractivity contribution in [3.63, 3.8) is 0 Å². The van der Waals surface area contributed by atoms with Gasteiger partial charge in [0.25, 0.3) is 0 Å². The molecule has 2 aliphatic rings. The average Bonchev–Trinajstić information content (AvgIpc) is 2.69. The summed E-state index contributed by atoms with van der Waals surface area (Å²) in [5.41, 5.74) is 6.42. The molecule has 1 unspecified atom stereocenters. The predicted molar refractivity (Wildman–Crippen MR) is 116 cm³/mol. The third-order valence-corrected chi connectivity index (χ3v) is 6.13. The van der Waals surface area contributed by atoms with Crippen LogP contribution in [0.2, 0.25) is 0 Å². The van der Waals surface area contributed by atoms with E-state index >= 15 is 0 Å². The van der Waals surface area contributed by atoms with Crippen molar-refractivity contribution in [1.82, 2.24) is 10.2 Å². The molecule has 0 aliphatic carbocycles. The fourth-order valence-electron chi connectivity index (χ4n) is 4.55. The normalized spacial score (nSPS) is 19.6. The lowest BCUT2D eigenvalue weighted by Crippen LogP contribution is -2.45. The number of Topliss-reactive ketones (excluding diaryl/α,β-unsaturated/α-hetero) is 1. The highest BCUT2D eigenvalue weighted by Crippen LogP contribution is 2.41. The van der Waals surface area contributed by atoms with Crippen molar-refractivity contribution in [2.75, 3.05) is 13.1 Å². The van der Waals surface area contributed by atoms with Crippen molar-refractivity contribution in [3.05, 3.63) is 93.3 Å². The zero-order chi connectivity index (χ0) is 21.4. The monoisotopic (exact) mass is 402 g/mol. The van der Waals surface area contributed by atoms with E-state index in [0.717, 1.165) is 28.0 Å². The summed E-state index contributed by atoms with van der Waals surface area (Å²) >= 11 is 0. The summed E-state index contributed by atoms with van der Waals surface area (Å²) < 4.78 is 0. The number of ketones is 1. The average molecular weight is 402 g/mol. The maximum Gasteiger partial charge on any atom is 0.334 e. The minimum Gasteiger partial charge on any atom is -0.478 e. The van der Waals surface area contributed by atoms with Gasteiger partial charge in [0, 0.05) is 36.0 Å². The van der Waals surface area contributed by atoms with Gasteiger partial charge in [-0.3, -0.25) is 9.69 Å². The molecule has 2 aromatic carbocycles. The molecule has 2 aliphatic heterocycles. The standard InChI is InChI=1S/C25H26N2O3/c1-15-8-7-11-19(16(15)2)23-22(25(29)30)17(3)26-20-13-27(14-21(28)24(20)23)12-18-9-5-4-6-10-18/h4-11,23,26H,12-14H2,1-3H3,(H,29,30). The van der Waals surface area contributed by atoms with Crippen LogP contribution in [-0.2, 0) is 16.1 Å². The number of nitrogens with one attached hydrogen (secondary N) is 1. The van der Waals surface area contributed by atoms with Gasteiger partial charge < -0.3 is 10.4 Å². The second kappa shape index (κ2) is 7.92. The summed E-state index contributed by atoms with van der Waals surface area (Å²) in [4.78, 5) is 27.6. The van der Waals surface area contributed by atoms with Crippen LogP contribution >= 0.6 is 0 Å². The van der Waals surface area contributed by atoms with Crippen LogP contribution in [0.4, 0.5) is 0 Å². The largest absolute Gasteiger partial charge is 0.478 e. The van der Waals surface area contributed by atoms with Crippen LogP contribution in [0.3, 0.4) is 0 Å². The number of aliphatic carboxylic acids is 1. The van der Waals surface area contributed by atoms with Crippen LogP contribution in [0.5, 0.6) is 0 Å². The first kappa shape index (κ1) is 20.1. The number of rotatable bonds is 4. The van der Waals surface area contributed by atoms with Crippen molar-refractivity contribution in [2.24, 2.45) is 0 Å². The Kier molecular flexibility index (Phi) is 5.31. The molecule has 4 rings (SSSR count). The molecule has 0 aromatic heterocycles. The van der Waals surface area contributed by atoms with E-state index in [4.69, 9.17) is 0 Å².